The second kappa shape index (κ2) is 9.17. The summed E-state index contributed by atoms with van der Waals surface area (Å²) in [4.78, 5) is 36.3. The third kappa shape index (κ3) is 5.86. The van der Waals surface area contributed by atoms with E-state index >= 15 is 0 Å². The number of amides is 1. The molecule has 1 fully saturated rings. The minimum Gasteiger partial charge on any atom is -0.480 e. The van der Waals surface area contributed by atoms with Crippen LogP contribution in [-0.2, 0) is 20.8 Å². The first-order valence-corrected chi connectivity index (χ1v) is 8.50. The van der Waals surface area contributed by atoms with Crippen LogP contribution in [0.4, 0.5) is 0 Å². The van der Waals surface area contributed by atoms with E-state index in [1.165, 1.54) is 4.90 Å². The molecule has 0 bridgehead atoms. The van der Waals surface area contributed by atoms with Crippen LogP contribution in [0, 0.1) is 0 Å². The highest BCUT2D eigenvalue weighted by molar-refractivity contribution is 5.86. The van der Waals surface area contributed by atoms with Crippen molar-refractivity contribution < 1.29 is 24.6 Å². The first-order valence-electron chi connectivity index (χ1n) is 8.50. The molecular weight excluding hydrogens is 324 g/mol. The lowest BCUT2D eigenvalue weighted by Gasteiger charge is -2.26. The van der Waals surface area contributed by atoms with E-state index in [-0.39, 0.29) is 12.5 Å². The van der Waals surface area contributed by atoms with Crippen LogP contribution < -0.4 is 5.32 Å². The third-order valence-corrected chi connectivity index (χ3v) is 4.37. The molecule has 0 aliphatic carbocycles. The number of aryl methyl sites for hydroxylation is 1. The highest BCUT2D eigenvalue weighted by Crippen LogP contribution is 2.14. The number of hydrogen-bond donors (Lipinski definition) is 3. The van der Waals surface area contributed by atoms with Gasteiger partial charge in [-0.1, -0.05) is 30.3 Å². The summed E-state index contributed by atoms with van der Waals surface area (Å²) in [6.45, 7) is 0.0455. The fraction of sp³-hybridized carbons (Fsp3) is 0.500. The lowest BCUT2D eigenvalue weighted by atomic mass is 10.0. The topological polar surface area (TPSA) is 107 Å². The number of aliphatic carboxylic acids is 2. The Bertz CT molecular complexity index is 605. The summed E-state index contributed by atoms with van der Waals surface area (Å²) in [6.07, 6.45) is 2.94. The molecule has 0 spiro atoms. The molecule has 0 aromatic heterocycles. The van der Waals surface area contributed by atoms with Crippen molar-refractivity contribution in [3.8, 4) is 0 Å². The van der Waals surface area contributed by atoms with Crippen molar-refractivity contribution in [1.29, 1.82) is 0 Å². The van der Waals surface area contributed by atoms with E-state index in [1.54, 1.807) is 0 Å². The second-order valence-corrected chi connectivity index (χ2v) is 6.28. The average Bonchev–Trinajstić information content (AvgIpc) is 2.74. The normalized spacial score (nSPS) is 19.3. The van der Waals surface area contributed by atoms with E-state index in [9.17, 15) is 19.5 Å². The van der Waals surface area contributed by atoms with Crippen LogP contribution >= 0.6 is 0 Å². The molecule has 7 heteroatoms. The van der Waals surface area contributed by atoms with Crippen molar-refractivity contribution in [2.75, 3.05) is 13.1 Å². The molecule has 136 valence electrons. The number of rotatable bonds is 8. The lowest BCUT2D eigenvalue weighted by molar-refractivity contribution is -0.146. The van der Waals surface area contributed by atoms with Gasteiger partial charge in [0, 0.05) is 6.54 Å². The maximum Gasteiger partial charge on any atom is 0.323 e. The van der Waals surface area contributed by atoms with Gasteiger partial charge in [-0.15, -0.1) is 0 Å². The summed E-state index contributed by atoms with van der Waals surface area (Å²) in [5.41, 5.74) is 1.04. The molecule has 2 atom stereocenters. The summed E-state index contributed by atoms with van der Waals surface area (Å²) >= 11 is 0. The molecule has 25 heavy (non-hydrogen) atoms. The quantitative estimate of drug-likeness (QED) is 0.650. The standard InChI is InChI=1S/C18H24N2O5/c21-16(22)12-20-11-5-4-8-14(17(20)23)19-15(18(24)25)10-9-13-6-2-1-3-7-13/h1-3,6-7,14-15,19H,4-5,8-12H2,(H,21,22)(H,24,25). The van der Waals surface area contributed by atoms with E-state index in [0.717, 1.165) is 18.4 Å². The number of carboxylic acid groups (broad SMARTS) is 2. The third-order valence-electron chi connectivity index (χ3n) is 4.37. The fourth-order valence-corrected chi connectivity index (χ4v) is 3.06. The number of carbonyl (C=O) groups is 3. The number of likely N-dealkylation sites (tertiary alicyclic amines) is 1. The molecule has 3 N–H and O–H groups in total. The summed E-state index contributed by atoms with van der Waals surface area (Å²) in [6, 6.07) is 8.07. The predicted molar refractivity (Wildman–Crippen MR) is 91.2 cm³/mol. The van der Waals surface area contributed by atoms with Gasteiger partial charge in [-0.25, -0.2) is 0 Å². The Labute approximate surface area is 146 Å². The van der Waals surface area contributed by atoms with Gasteiger partial charge in [0.25, 0.3) is 0 Å². The van der Waals surface area contributed by atoms with Gasteiger partial charge >= 0.3 is 11.9 Å². The van der Waals surface area contributed by atoms with Crippen LogP contribution in [0.15, 0.2) is 30.3 Å². The Morgan fingerprint density at radius 2 is 1.92 bits per heavy atom. The molecule has 1 aromatic carbocycles. The van der Waals surface area contributed by atoms with Crippen LogP contribution in [-0.4, -0.2) is 58.1 Å². The first-order chi connectivity index (χ1) is 12.0. The number of benzene rings is 1. The van der Waals surface area contributed by atoms with Gasteiger partial charge in [0.05, 0.1) is 6.04 Å². The first kappa shape index (κ1) is 18.9. The number of nitrogens with zero attached hydrogens (tertiary/aromatic N) is 1. The Kier molecular flexibility index (Phi) is 6.94. The molecule has 1 heterocycles. The Morgan fingerprint density at radius 1 is 1.20 bits per heavy atom. The van der Waals surface area contributed by atoms with Crippen molar-refractivity contribution in [3.05, 3.63) is 35.9 Å². The Hall–Kier alpha value is -2.41. The van der Waals surface area contributed by atoms with Crippen molar-refractivity contribution in [1.82, 2.24) is 10.2 Å². The van der Waals surface area contributed by atoms with Gasteiger partial charge in [0.15, 0.2) is 0 Å². The van der Waals surface area contributed by atoms with E-state index < -0.39 is 24.0 Å². The van der Waals surface area contributed by atoms with Gasteiger partial charge in [-0.3, -0.25) is 19.7 Å². The maximum absolute atomic E-state index is 12.5. The molecule has 0 saturated carbocycles. The van der Waals surface area contributed by atoms with E-state index in [4.69, 9.17) is 5.11 Å². The van der Waals surface area contributed by atoms with Crippen molar-refractivity contribution in [2.24, 2.45) is 0 Å². The molecule has 1 amide bonds. The molecule has 7 nitrogen and oxygen atoms in total. The van der Waals surface area contributed by atoms with Gasteiger partial charge < -0.3 is 15.1 Å². The second-order valence-electron chi connectivity index (χ2n) is 6.28. The van der Waals surface area contributed by atoms with Crippen molar-refractivity contribution in [3.63, 3.8) is 0 Å². The molecule has 1 aliphatic heterocycles. The van der Waals surface area contributed by atoms with Crippen LogP contribution in [0.25, 0.3) is 0 Å². The molecule has 2 unspecified atom stereocenters. The summed E-state index contributed by atoms with van der Waals surface area (Å²) in [5, 5.41) is 21.3. The van der Waals surface area contributed by atoms with Gasteiger partial charge in [-0.05, 0) is 37.7 Å². The van der Waals surface area contributed by atoms with E-state index in [1.807, 2.05) is 30.3 Å². The molecule has 1 saturated heterocycles. The molecule has 1 aliphatic rings. The fourth-order valence-electron chi connectivity index (χ4n) is 3.06. The summed E-state index contributed by atoms with van der Waals surface area (Å²) in [5.74, 6) is -2.39. The predicted octanol–water partition coefficient (Wildman–Crippen LogP) is 1.13. The number of nitrogens with one attached hydrogen (secondary N) is 1. The summed E-state index contributed by atoms with van der Waals surface area (Å²) < 4.78 is 0. The lowest BCUT2D eigenvalue weighted by Crippen LogP contribution is -2.52. The minimum absolute atomic E-state index is 0.328. The Balaban J connectivity index is 2.00. The zero-order chi connectivity index (χ0) is 18.2. The summed E-state index contributed by atoms with van der Waals surface area (Å²) in [7, 11) is 0. The van der Waals surface area contributed by atoms with Crippen molar-refractivity contribution >= 4 is 17.8 Å². The molecule has 0 radical (unpaired) electrons. The smallest absolute Gasteiger partial charge is 0.323 e. The molecule has 2 rings (SSSR count). The van der Waals surface area contributed by atoms with Crippen LogP contribution in [0.5, 0.6) is 0 Å². The number of hydrogen-bond acceptors (Lipinski definition) is 4. The number of carbonyl (C=O) groups excluding carboxylic acids is 1. The van der Waals surface area contributed by atoms with Crippen molar-refractivity contribution in [2.45, 2.75) is 44.2 Å². The van der Waals surface area contributed by atoms with Gasteiger partial charge in [0.2, 0.25) is 5.91 Å². The molecular formula is C18H24N2O5. The average molecular weight is 348 g/mol. The highest BCUT2D eigenvalue weighted by atomic mass is 16.4. The van der Waals surface area contributed by atoms with E-state index in [2.05, 4.69) is 5.32 Å². The minimum atomic E-state index is -1.06. The zero-order valence-electron chi connectivity index (χ0n) is 14.1. The zero-order valence-corrected chi connectivity index (χ0v) is 14.1. The van der Waals surface area contributed by atoms with Gasteiger partial charge in [-0.2, -0.15) is 0 Å². The SMILES string of the molecule is O=C(O)CN1CCCCC(NC(CCc2ccccc2)C(=O)O)C1=O. The van der Waals surface area contributed by atoms with Gasteiger partial charge in [0.1, 0.15) is 12.6 Å². The van der Waals surface area contributed by atoms with Crippen LogP contribution in [0.2, 0.25) is 0 Å². The number of carboxylic acids is 2. The van der Waals surface area contributed by atoms with E-state index in [0.29, 0.717) is 25.8 Å². The Morgan fingerprint density at radius 3 is 2.56 bits per heavy atom. The monoisotopic (exact) mass is 348 g/mol. The largest absolute Gasteiger partial charge is 0.480 e. The maximum atomic E-state index is 12.5. The van der Waals surface area contributed by atoms with Crippen LogP contribution in [0.3, 0.4) is 0 Å². The highest BCUT2D eigenvalue weighted by Gasteiger charge is 2.31. The molecule has 1 aromatic rings. The van der Waals surface area contributed by atoms with Crippen LogP contribution in [0.1, 0.15) is 31.2 Å².